The van der Waals surface area contributed by atoms with Gasteiger partial charge in [0.1, 0.15) is 0 Å². The van der Waals surface area contributed by atoms with Crippen LogP contribution < -0.4 is 0 Å². The van der Waals surface area contributed by atoms with Crippen LogP contribution in [0.25, 0.3) is 94.2 Å². The summed E-state index contributed by atoms with van der Waals surface area (Å²) < 4.78 is 2.48. The van der Waals surface area contributed by atoms with Crippen LogP contribution in [0.3, 0.4) is 0 Å². The largest absolute Gasteiger partial charge is 0.308 e. The van der Waals surface area contributed by atoms with Crippen LogP contribution in [-0.4, -0.2) is 19.5 Å². The first-order valence-corrected chi connectivity index (χ1v) is 17.8. The molecule has 0 saturated heterocycles. The van der Waals surface area contributed by atoms with Crippen molar-refractivity contribution in [1.29, 1.82) is 0 Å². The maximum Gasteiger partial charge on any atom is 0.0715 e. The lowest BCUT2D eigenvalue weighted by atomic mass is 9.94. The molecule has 0 spiro atoms. The van der Waals surface area contributed by atoms with Crippen LogP contribution >= 0.6 is 0 Å². The van der Waals surface area contributed by atoms with Gasteiger partial charge in [0, 0.05) is 57.9 Å². The van der Waals surface area contributed by atoms with Gasteiger partial charge in [-0.05, 0) is 86.9 Å². The zero-order valence-electron chi connectivity index (χ0n) is 28.8. The van der Waals surface area contributed by atoms with Gasteiger partial charge in [0.25, 0.3) is 0 Å². The summed E-state index contributed by atoms with van der Waals surface area (Å²) in [6.07, 6.45) is 7.33. The molecule has 0 atom stereocenters. The Morgan fingerprint density at radius 2 is 0.943 bits per heavy atom. The molecule has 4 aromatic heterocycles. The van der Waals surface area contributed by atoms with Gasteiger partial charge in [-0.1, -0.05) is 121 Å². The van der Waals surface area contributed by atoms with E-state index in [1.165, 1.54) is 43.6 Å². The Labute approximate surface area is 307 Å². The van der Waals surface area contributed by atoms with Gasteiger partial charge in [-0.2, -0.15) is 0 Å². The van der Waals surface area contributed by atoms with Gasteiger partial charge < -0.3 is 4.57 Å². The summed E-state index contributed by atoms with van der Waals surface area (Å²) in [5.74, 6) is 0. The monoisotopic (exact) mass is 676 g/mol. The molecule has 0 radical (unpaired) electrons. The average molecular weight is 677 g/mol. The number of benzene rings is 6. The Hall–Kier alpha value is -7.17. The second-order valence-corrected chi connectivity index (χ2v) is 13.2. The van der Waals surface area contributed by atoms with Crippen LogP contribution in [-0.2, 0) is 0 Å². The van der Waals surface area contributed by atoms with Crippen LogP contribution in [0.15, 0.2) is 195 Å². The third-order valence-corrected chi connectivity index (χ3v) is 10.2. The van der Waals surface area contributed by atoms with Crippen molar-refractivity contribution in [2.24, 2.45) is 0 Å². The summed E-state index contributed by atoms with van der Waals surface area (Å²) in [6.45, 7) is 0. The maximum absolute atomic E-state index is 5.13. The Kier molecular flexibility index (Phi) is 7.43. The Morgan fingerprint density at radius 1 is 0.358 bits per heavy atom. The summed E-state index contributed by atoms with van der Waals surface area (Å²) in [4.78, 5) is 13.6. The van der Waals surface area contributed by atoms with Crippen LogP contribution in [0.1, 0.15) is 0 Å². The Balaban J connectivity index is 1.28. The summed E-state index contributed by atoms with van der Waals surface area (Å²) in [6, 6.07) is 60.7. The van der Waals surface area contributed by atoms with Gasteiger partial charge in [-0.15, -0.1) is 0 Å². The second kappa shape index (κ2) is 12.9. The molecular formula is C49H32N4. The molecule has 10 aromatic rings. The first-order valence-electron chi connectivity index (χ1n) is 17.8. The lowest BCUT2D eigenvalue weighted by Crippen LogP contribution is -1.99. The van der Waals surface area contributed by atoms with Gasteiger partial charge in [0.05, 0.1) is 22.6 Å². The normalized spacial score (nSPS) is 11.4. The molecule has 53 heavy (non-hydrogen) atoms. The molecule has 4 nitrogen and oxygen atoms in total. The van der Waals surface area contributed by atoms with Crippen molar-refractivity contribution in [3.8, 4) is 61.7 Å². The van der Waals surface area contributed by atoms with Gasteiger partial charge in [0.15, 0.2) is 0 Å². The highest BCUT2D eigenvalue weighted by Gasteiger charge is 2.24. The van der Waals surface area contributed by atoms with Crippen molar-refractivity contribution in [3.05, 3.63) is 195 Å². The minimum atomic E-state index is 0.929. The number of fused-ring (bicyclic) bond motifs is 5. The smallest absolute Gasteiger partial charge is 0.0715 e. The Bertz CT molecular complexity index is 2920. The van der Waals surface area contributed by atoms with E-state index in [1.807, 2.05) is 36.9 Å². The number of aromatic nitrogens is 4. The fourth-order valence-corrected chi connectivity index (χ4v) is 7.84. The standard InChI is InChI=1S/C49H32N4/c1-3-10-35(11-4-1)47-44-23-21-41-39-16-8-17-42(46-19-9-18-45(52-46)34-26-30-51-31-27-34)40(39)20-22-43(41)49(44)53(48(47)36-12-5-2-6-13-36)38-15-7-14-37(32-38)33-24-28-50-29-25-33/h1-32H. The fourth-order valence-electron chi connectivity index (χ4n) is 7.84. The van der Waals surface area contributed by atoms with Crippen molar-refractivity contribution < 1.29 is 0 Å². The van der Waals surface area contributed by atoms with Gasteiger partial charge in [-0.3, -0.25) is 9.97 Å². The summed E-state index contributed by atoms with van der Waals surface area (Å²) in [5.41, 5.74) is 13.3. The fraction of sp³-hybridized carbons (Fsp3) is 0. The number of rotatable bonds is 6. The second-order valence-electron chi connectivity index (χ2n) is 13.2. The van der Waals surface area contributed by atoms with Crippen molar-refractivity contribution in [1.82, 2.24) is 19.5 Å². The van der Waals surface area contributed by atoms with Crippen LogP contribution in [0.5, 0.6) is 0 Å². The van der Waals surface area contributed by atoms with Crippen molar-refractivity contribution in [2.45, 2.75) is 0 Å². The van der Waals surface area contributed by atoms with Crippen molar-refractivity contribution in [3.63, 3.8) is 0 Å². The van der Waals surface area contributed by atoms with Crippen LogP contribution in [0.4, 0.5) is 0 Å². The molecule has 0 aliphatic carbocycles. The van der Waals surface area contributed by atoms with Gasteiger partial charge >= 0.3 is 0 Å². The Morgan fingerprint density at radius 3 is 1.72 bits per heavy atom. The third-order valence-electron chi connectivity index (χ3n) is 10.2. The number of hydrogen-bond donors (Lipinski definition) is 0. The highest BCUT2D eigenvalue weighted by atomic mass is 15.0. The lowest BCUT2D eigenvalue weighted by molar-refractivity contribution is 1.14. The molecule has 6 aromatic carbocycles. The van der Waals surface area contributed by atoms with E-state index in [1.54, 1.807) is 0 Å². The van der Waals surface area contributed by atoms with E-state index >= 15 is 0 Å². The summed E-state index contributed by atoms with van der Waals surface area (Å²) >= 11 is 0. The van der Waals surface area contributed by atoms with E-state index in [4.69, 9.17) is 4.98 Å². The molecule has 248 valence electrons. The van der Waals surface area contributed by atoms with Crippen molar-refractivity contribution in [2.75, 3.05) is 0 Å². The zero-order chi connectivity index (χ0) is 35.1. The highest BCUT2D eigenvalue weighted by molar-refractivity contribution is 6.22. The van der Waals surface area contributed by atoms with E-state index in [0.29, 0.717) is 0 Å². The molecule has 0 N–H and O–H groups in total. The topological polar surface area (TPSA) is 43.6 Å². The molecule has 0 aliphatic heterocycles. The first kappa shape index (κ1) is 30.6. The molecule has 0 aliphatic rings. The molecule has 0 bridgehead atoms. The van der Waals surface area contributed by atoms with Gasteiger partial charge in [0.2, 0.25) is 0 Å². The lowest BCUT2D eigenvalue weighted by Gasteiger charge is -2.16. The molecule has 0 amide bonds. The van der Waals surface area contributed by atoms with E-state index < -0.39 is 0 Å². The molecule has 0 unspecified atom stereocenters. The molecule has 0 fully saturated rings. The molecule has 4 heterocycles. The maximum atomic E-state index is 5.13. The van der Waals surface area contributed by atoms with Crippen LogP contribution in [0, 0.1) is 0 Å². The highest BCUT2D eigenvalue weighted by Crippen LogP contribution is 2.46. The first-order chi connectivity index (χ1) is 26.3. The van der Waals surface area contributed by atoms with E-state index in [0.717, 1.165) is 50.6 Å². The summed E-state index contributed by atoms with van der Waals surface area (Å²) in [7, 11) is 0. The van der Waals surface area contributed by atoms with Crippen molar-refractivity contribution >= 4 is 32.4 Å². The van der Waals surface area contributed by atoms with Gasteiger partial charge in [-0.25, -0.2) is 4.98 Å². The molecule has 10 rings (SSSR count). The quantitative estimate of drug-likeness (QED) is 0.165. The predicted molar refractivity (Wildman–Crippen MR) is 219 cm³/mol. The molecule has 4 heteroatoms. The zero-order valence-corrected chi connectivity index (χ0v) is 28.8. The van der Waals surface area contributed by atoms with E-state index in [-0.39, 0.29) is 0 Å². The van der Waals surface area contributed by atoms with Crippen LogP contribution in [0.2, 0.25) is 0 Å². The third kappa shape index (κ3) is 5.28. The number of nitrogens with zero attached hydrogens (tertiary/aromatic N) is 4. The minimum Gasteiger partial charge on any atom is -0.308 e. The minimum absolute atomic E-state index is 0.929. The SMILES string of the molecule is c1ccc(-c2c(-c3ccccc3)n(-c3cccc(-c4ccncc4)c3)c3c2ccc2c4cccc(-c5cccc(-c6ccncc6)n5)c4ccc23)cc1. The number of hydrogen-bond acceptors (Lipinski definition) is 3. The predicted octanol–water partition coefficient (Wildman–Crippen LogP) is 12.5. The molecular weight excluding hydrogens is 645 g/mol. The van der Waals surface area contributed by atoms with E-state index in [2.05, 4.69) is 172 Å². The average Bonchev–Trinajstić information content (AvgIpc) is 3.60. The van der Waals surface area contributed by atoms with E-state index in [9.17, 15) is 0 Å². The molecule has 0 saturated carbocycles. The number of pyridine rings is 3. The summed E-state index contributed by atoms with van der Waals surface area (Å²) in [5, 5.41) is 5.96.